The number of aliphatic hydroxyl groups is 4. The third-order valence-corrected chi connectivity index (χ3v) is 12.1. The number of aliphatic hydroxyl groups excluding tert-OH is 2. The summed E-state index contributed by atoms with van der Waals surface area (Å²) < 4.78 is 17.0. The summed E-state index contributed by atoms with van der Waals surface area (Å²) in [5.74, 6) is -2.72. The molecule has 1 aliphatic heterocycles. The highest BCUT2D eigenvalue weighted by Gasteiger charge is 2.76. The highest BCUT2D eigenvalue weighted by atomic mass is 127. The third kappa shape index (κ3) is 4.40. The van der Waals surface area contributed by atoms with Gasteiger partial charge in [-0.2, -0.15) is 0 Å². The Morgan fingerprint density at radius 1 is 1.10 bits per heavy atom. The Morgan fingerprint density at radius 2 is 1.79 bits per heavy atom. The minimum Gasteiger partial charge on any atom is -0.462 e. The van der Waals surface area contributed by atoms with E-state index >= 15 is 0 Å². The predicted molar refractivity (Wildman–Crippen MR) is 153 cm³/mol. The summed E-state index contributed by atoms with van der Waals surface area (Å²) >= 11 is 3.82. The number of rotatable bonds is 6. The molecule has 10 atom stereocenters. The first-order valence-corrected chi connectivity index (χ1v) is 16.6. The molecule has 5 rings (SSSR count). The van der Waals surface area contributed by atoms with E-state index in [1.807, 2.05) is 52.1 Å². The minimum absolute atomic E-state index is 0.0199. The molecule has 0 aromatic heterocycles. The highest BCUT2D eigenvalue weighted by molar-refractivity contribution is 14.1. The summed E-state index contributed by atoms with van der Waals surface area (Å²) in [7, 11) is 0. The standard InChI is InChI=1S/C27H36I2O10/c1-24-9-18(39-22(34)11-29)23-17(27(24,36)5-3-16(24)14-6-20(32)37-12-14)2-4-25(35)8-15(38-21(33)10-28)7-19(31)26(23,25)13-30/h6,15-19,23,30-31,35-36H,2-5,7-13H2,1H3/t15-,16+,17+,18+,19+,23+,24+,25-,26+,27-/m0/s1. The first-order valence-electron chi connectivity index (χ1n) is 13.5. The second-order valence-electron chi connectivity index (χ2n) is 12.2. The first kappa shape index (κ1) is 29.9. The van der Waals surface area contributed by atoms with Gasteiger partial charge in [-0.05, 0) is 49.5 Å². The van der Waals surface area contributed by atoms with Gasteiger partial charge in [0.05, 0.1) is 38.2 Å². The van der Waals surface area contributed by atoms with E-state index in [9.17, 15) is 34.8 Å². The average molecular weight is 774 g/mol. The van der Waals surface area contributed by atoms with E-state index in [1.165, 1.54) is 6.08 Å². The van der Waals surface area contributed by atoms with Gasteiger partial charge in [0.2, 0.25) is 0 Å². The van der Waals surface area contributed by atoms with Crippen LogP contribution in [0, 0.1) is 28.6 Å². The zero-order chi connectivity index (χ0) is 28.4. The number of hydrogen-bond acceptors (Lipinski definition) is 10. The largest absolute Gasteiger partial charge is 0.462 e. The van der Waals surface area contributed by atoms with E-state index in [0.29, 0.717) is 19.3 Å². The maximum atomic E-state index is 12.7. The van der Waals surface area contributed by atoms with Gasteiger partial charge in [-0.15, -0.1) is 0 Å². The monoisotopic (exact) mass is 774 g/mol. The Morgan fingerprint density at radius 3 is 2.41 bits per heavy atom. The van der Waals surface area contributed by atoms with Crippen LogP contribution in [0.3, 0.4) is 0 Å². The first-order chi connectivity index (χ1) is 18.4. The van der Waals surface area contributed by atoms with Crippen LogP contribution in [-0.4, -0.2) is 89.9 Å². The van der Waals surface area contributed by atoms with E-state index in [2.05, 4.69) is 0 Å². The molecule has 1 heterocycles. The summed E-state index contributed by atoms with van der Waals surface area (Å²) in [6.45, 7) is 1.55. The smallest absolute Gasteiger partial charge is 0.331 e. The Balaban J connectivity index is 1.58. The fourth-order valence-electron chi connectivity index (χ4n) is 9.25. The van der Waals surface area contributed by atoms with Gasteiger partial charge in [-0.1, -0.05) is 52.1 Å². The summed E-state index contributed by atoms with van der Waals surface area (Å²) in [4.78, 5) is 36.7. The molecule has 4 fully saturated rings. The van der Waals surface area contributed by atoms with Crippen molar-refractivity contribution in [3.8, 4) is 0 Å². The molecule has 12 heteroatoms. The van der Waals surface area contributed by atoms with Crippen LogP contribution in [0.1, 0.15) is 51.9 Å². The van der Waals surface area contributed by atoms with E-state index in [-0.39, 0.29) is 47.1 Å². The summed E-state index contributed by atoms with van der Waals surface area (Å²) in [6, 6.07) is 0. The summed E-state index contributed by atoms with van der Waals surface area (Å²) in [5.41, 5.74) is -4.32. The number of esters is 3. The van der Waals surface area contributed by atoms with Crippen molar-refractivity contribution in [1.82, 2.24) is 0 Å². The Labute approximate surface area is 254 Å². The zero-order valence-electron chi connectivity index (χ0n) is 21.8. The van der Waals surface area contributed by atoms with Crippen LogP contribution in [0.15, 0.2) is 11.6 Å². The van der Waals surface area contributed by atoms with E-state index in [0.717, 1.165) is 5.57 Å². The quantitative estimate of drug-likeness (QED) is 0.135. The maximum absolute atomic E-state index is 12.7. The number of fused-ring (bicyclic) bond motifs is 5. The lowest BCUT2D eigenvalue weighted by atomic mass is 9.40. The molecule has 0 saturated heterocycles. The lowest BCUT2D eigenvalue weighted by Crippen LogP contribution is -2.76. The molecule has 0 aromatic rings. The second-order valence-corrected chi connectivity index (χ2v) is 13.8. The molecule has 0 radical (unpaired) electrons. The molecule has 0 spiro atoms. The van der Waals surface area contributed by atoms with Crippen molar-refractivity contribution < 1.29 is 49.0 Å². The fourth-order valence-corrected chi connectivity index (χ4v) is 9.61. The van der Waals surface area contributed by atoms with Crippen LogP contribution in [0.4, 0.5) is 0 Å². The van der Waals surface area contributed by atoms with Gasteiger partial charge in [0.1, 0.15) is 18.8 Å². The normalized spacial score (nSPS) is 46.8. The van der Waals surface area contributed by atoms with Gasteiger partial charge in [-0.25, -0.2) is 4.79 Å². The topological polar surface area (TPSA) is 160 Å². The SMILES string of the molecule is C[C@]12C[C@@H](OC(=O)CI)[C@H]3[C@@H](CC[C@]4(O)C[C@@H](OC(=O)CI)C[C@@H](O)[C@]34CO)[C@@]1(O)CC[C@@H]2C1=CC(=O)OC1. The van der Waals surface area contributed by atoms with E-state index in [4.69, 9.17) is 14.2 Å². The van der Waals surface area contributed by atoms with Gasteiger partial charge in [0.15, 0.2) is 0 Å². The molecule has 39 heavy (non-hydrogen) atoms. The minimum atomic E-state index is -1.61. The molecule has 4 aliphatic carbocycles. The molecule has 0 unspecified atom stereocenters. The predicted octanol–water partition coefficient (Wildman–Crippen LogP) is 1.60. The fraction of sp³-hybridized carbons (Fsp3) is 0.815. The van der Waals surface area contributed by atoms with Gasteiger partial charge in [0, 0.05) is 30.3 Å². The lowest BCUT2D eigenvalue weighted by Gasteiger charge is -2.68. The molecule has 0 amide bonds. The van der Waals surface area contributed by atoms with Crippen LogP contribution >= 0.6 is 45.2 Å². The Bertz CT molecular complexity index is 1070. The van der Waals surface area contributed by atoms with Crippen LogP contribution in [0.2, 0.25) is 0 Å². The van der Waals surface area contributed by atoms with Crippen molar-refractivity contribution >= 4 is 63.1 Å². The van der Waals surface area contributed by atoms with Gasteiger partial charge in [0.25, 0.3) is 0 Å². The van der Waals surface area contributed by atoms with Gasteiger partial charge >= 0.3 is 17.9 Å². The molecular weight excluding hydrogens is 738 g/mol. The van der Waals surface area contributed by atoms with Crippen molar-refractivity contribution in [1.29, 1.82) is 0 Å². The number of cyclic esters (lactones) is 1. The van der Waals surface area contributed by atoms with Crippen molar-refractivity contribution in [3.63, 3.8) is 0 Å². The van der Waals surface area contributed by atoms with E-state index in [1.54, 1.807) is 0 Å². The second kappa shape index (κ2) is 10.6. The number of alkyl halides is 2. The van der Waals surface area contributed by atoms with Crippen molar-refractivity contribution in [3.05, 3.63) is 11.6 Å². The van der Waals surface area contributed by atoms with E-state index < -0.39 is 76.7 Å². The van der Waals surface area contributed by atoms with Gasteiger partial charge in [-0.3, -0.25) is 9.59 Å². The van der Waals surface area contributed by atoms with Gasteiger partial charge < -0.3 is 34.6 Å². The summed E-state index contributed by atoms with van der Waals surface area (Å²) in [5, 5.41) is 47.4. The van der Waals surface area contributed by atoms with Crippen LogP contribution in [0.25, 0.3) is 0 Å². The molecular formula is C27H36I2O10. The van der Waals surface area contributed by atoms with Crippen LogP contribution < -0.4 is 0 Å². The zero-order valence-corrected chi connectivity index (χ0v) is 26.1. The molecule has 218 valence electrons. The number of carbonyl (C=O) groups excluding carboxylic acids is 3. The molecule has 4 saturated carbocycles. The number of ether oxygens (including phenoxy) is 3. The summed E-state index contributed by atoms with van der Waals surface area (Å²) in [6.07, 6.45) is 0.576. The third-order valence-electron chi connectivity index (χ3n) is 10.8. The van der Waals surface area contributed by atoms with Crippen LogP contribution in [0.5, 0.6) is 0 Å². The maximum Gasteiger partial charge on any atom is 0.331 e. The molecule has 5 aliphatic rings. The lowest BCUT2D eigenvalue weighted by molar-refractivity contribution is -0.318. The molecule has 10 nitrogen and oxygen atoms in total. The number of carbonyl (C=O) groups is 3. The van der Waals surface area contributed by atoms with Crippen molar-refractivity contribution in [2.45, 2.75) is 81.4 Å². The average Bonchev–Trinajstić information content (AvgIpc) is 3.43. The van der Waals surface area contributed by atoms with Crippen molar-refractivity contribution in [2.75, 3.05) is 22.1 Å². The Hall–Kier alpha value is -0.550. The Kier molecular flexibility index (Phi) is 8.15. The molecule has 4 N–H and O–H groups in total. The number of hydrogen-bond donors (Lipinski definition) is 4. The molecule has 0 bridgehead atoms. The molecule has 0 aromatic carbocycles. The number of halogens is 2. The van der Waals surface area contributed by atoms with Crippen LogP contribution in [-0.2, 0) is 28.6 Å². The highest BCUT2D eigenvalue weighted by Crippen LogP contribution is 2.71. The van der Waals surface area contributed by atoms with Crippen molar-refractivity contribution in [2.24, 2.45) is 28.6 Å².